The van der Waals surface area contributed by atoms with Crippen LogP contribution in [-0.2, 0) is 12.7 Å². The third kappa shape index (κ3) is 5.83. The number of hydrogen-bond acceptors (Lipinski definition) is 7. The standard InChI is InChI=1S/C20H13Cl2F3IN9O2/c1-9-5-10(21)6-12(17(36)29-26)15(9)28-18(37)14-7-11(8-34-32-19(30-33-34)20(23,24)25)31-35(14)16-13(22)3-2-4-27-16/h2-7H,8H2,1H3,(H,28,37)(H,29,36). The van der Waals surface area contributed by atoms with Crippen molar-refractivity contribution in [3.05, 3.63) is 74.9 Å². The van der Waals surface area contributed by atoms with Gasteiger partial charge in [-0.15, -0.1) is 10.2 Å². The van der Waals surface area contributed by atoms with Gasteiger partial charge in [0, 0.05) is 11.2 Å². The molecule has 0 spiro atoms. The summed E-state index contributed by atoms with van der Waals surface area (Å²) in [7, 11) is 0. The van der Waals surface area contributed by atoms with Gasteiger partial charge in [-0.1, -0.05) is 23.2 Å². The number of alkyl halides is 3. The van der Waals surface area contributed by atoms with Gasteiger partial charge >= 0.3 is 6.18 Å². The predicted octanol–water partition coefficient (Wildman–Crippen LogP) is 4.27. The lowest BCUT2D eigenvalue weighted by Crippen LogP contribution is -2.22. The summed E-state index contributed by atoms with van der Waals surface area (Å²) in [6.45, 7) is 1.31. The molecule has 4 rings (SSSR count). The highest BCUT2D eigenvalue weighted by molar-refractivity contribution is 14.1. The molecule has 3 heterocycles. The van der Waals surface area contributed by atoms with E-state index in [1.54, 1.807) is 41.9 Å². The smallest absolute Gasteiger partial charge is 0.320 e. The van der Waals surface area contributed by atoms with Crippen LogP contribution in [0.3, 0.4) is 0 Å². The fourth-order valence-electron chi connectivity index (χ4n) is 3.25. The van der Waals surface area contributed by atoms with Gasteiger partial charge in [0.25, 0.3) is 17.6 Å². The zero-order valence-corrected chi connectivity index (χ0v) is 22.1. The second-order valence-electron chi connectivity index (χ2n) is 7.41. The monoisotopic (exact) mass is 665 g/mol. The van der Waals surface area contributed by atoms with Crippen molar-refractivity contribution in [2.75, 3.05) is 5.32 Å². The largest absolute Gasteiger partial charge is 0.455 e. The highest BCUT2D eigenvalue weighted by Crippen LogP contribution is 2.28. The molecule has 0 radical (unpaired) electrons. The molecule has 0 saturated carbocycles. The molecule has 0 bridgehead atoms. The summed E-state index contributed by atoms with van der Waals surface area (Å²) < 4.78 is 42.1. The number of nitrogens with one attached hydrogen (secondary N) is 2. The van der Waals surface area contributed by atoms with Crippen molar-refractivity contribution < 1.29 is 22.8 Å². The molecule has 0 saturated heterocycles. The van der Waals surface area contributed by atoms with Crippen LogP contribution in [0.2, 0.25) is 10.0 Å². The van der Waals surface area contributed by atoms with Crippen molar-refractivity contribution in [3.63, 3.8) is 0 Å². The van der Waals surface area contributed by atoms with E-state index in [4.69, 9.17) is 23.2 Å². The van der Waals surface area contributed by atoms with Crippen LogP contribution in [0.1, 0.15) is 37.9 Å². The Kier molecular flexibility index (Phi) is 7.65. The lowest BCUT2D eigenvalue weighted by molar-refractivity contribution is -0.145. The first kappa shape index (κ1) is 26.7. The van der Waals surface area contributed by atoms with Gasteiger partial charge in [0.1, 0.15) is 12.2 Å². The second-order valence-corrected chi connectivity index (χ2v) is 8.79. The number of anilines is 1. The molecule has 4 aromatic rings. The summed E-state index contributed by atoms with van der Waals surface area (Å²) in [4.78, 5) is 30.6. The fraction of sp³-hybridized carbons (Fsp3) is 0.150. The molecule has 11 nitrogen and oxygen atoms in total. The van der Waals surface area contributed by atoms with Gasteiger partial charge in [0.2, 0.25) is 0 Å². The summed E-state index contributed by atoms with van der Waals surface area (Å²) in [5.41, 5.74) is 0.835. The molecule has 0 atom stereocenters. The van der Waals surface area contributed by atoms with E-state index in [1.807, 2.05) is 0 Å². The van der Waals surface area contributed by atoms with Crippen LogP contribution < -0.4 is 8.85 Å². The number of benzene rings is 1. The molecule has 37 heavy (non-hydrogen) atoms. The van der Waals surface area contributed by atoms with E-state index in [0.717, 1.165) is 4.68 Å². The molecular weight excluding hydrogens is 653 g/mol. The number of tetrazole rings is 1. The molecule has 0 aliphatic heterocycles. The first-order valence-corrected chi connectivity index (χ1v) is 11.9. The van der Waals surface area contributed by atoms with Crippen LogP contribution in [0.25, 0.3) is 5.82 Å². The van der Waals surface area contributed by atoms with Gasteiger partial charge in [-0.05, 0) is 48.0 Å². The molecule has 0 fully saturated rings. The number of nitrogens with zero attached hydrogens (tertiary/aromatic N) is 7. The molecule has 2 amide bonds. The zero-order chi connectivity index (χ0) is 26.9. The van der Waals surface area contributed by atoms with Crippen LogP contribution in [0.5, 0.6) is 0 Å². The van der Waals surface area contributed by atoms with Crippen LogP contribution in [0.15, 0.2) is 36.5 Å². The molecule has 1 aromatic carbocycles. The Morgan fingerprint density at radius 3 is 2.54 bits per heavy atom. The van der Waals surface area contributed by atoms with Crippen molar-refractivity contribution in [2.24, 2.45) is 0 Å². The highest BCUT2D eigenvalue weighted by Gasteiger charge is 2.37. The van der Waals surface area contributed by atoms with E-state index in [0.29, 0.717) is 10.4 Å². The van der Waals surface area contributed by atoms with Gasteiger partial charge < -0.3 is 5.32 Å². The van der Waals surface area contributed by atoms with Gasteiger partial charge in [-0.2, -0.15) is 23.1 Å². The van der Waals surface area contributed by atoms with Crippen molar-refractivity contribution in [1.29, 1.82) is 0 Å². The Balaban J connectivity index is 1.75. The molecule has 0 unspecified atom stereocenters. The van der Waals surface area contributed by atoms with E-state index >= 15 is 0 Å². The number of pyridine rings is 1. The van der Waals surface area contributed by atoms with Crippen molar-refractivity contribution in [3.8, 4) is 5.82 Å². The lowest BCUT2D eigenvalue weighted by atomic mass is 10.1. The second kappa shape index (κ2) is 10.6. The van der Waals surface area contributed by atoms with E-state index in [-0.39, 0.29) is 45.0 Å². The zero-order valence-electron chi connectivity index (χ0n) is 18.4. The van der Waals surface area contributed by atoms with Crippen LogP contribution in [0.4, 0.5) is 18.9 Å². The normalized spacial score (nSPS) is 11.4. The quantitative estimate of drug-likeness (QED) is 0.232. The first-order valence-electron chi connectivity index (χ1n) is 10.0. The summed E-state index contributed by atoms with van der Waals surface area (Å²) in [5, 5.41) is 17.1. The number of aromatic nitrogens is 7. The summed E-state index contributed by atoms with van der Waals surface area (Å²) in [5.74, 6) is -2.55. The number of rotatable bonds is 6. The average Bonchev–Trinajstić information content (AvgIpc) is 3.48. The predicted molar refractivity (Wildman–Crippen MR) is 134 cm³/mol. The minimum absolute atomic E-state index is 0.0815. The highest BCUT2D eigenvalue weighted by atomic mass is 127. The summed E-state index contributed by atoms with van der Waals surface area (Å²) >= 11 is 14.0. The van der Waals surface area contributed by atoms with Crippen molar-refractivity contribution in [2.45, 2.75) is 19.6 Å². The van der Waals surface area contributed by atoms with Gasteiger partial charge in [0.15, 0.2) is 5.82 Å². The Labute approximate surface area is 229 Å². The van der Waals surface area contributed by atoms with Gasteiger partial charge in [-0.25, -0.2) is 9.67 Å². The number of aryl methyl sites for hydroxylation is 1. The number of carbonyl (C=O) groups is 2. The van der Waals surface area contributed by atoms with E-state index in [2.05, 4.69) is 34.3 Å². The Hall–Kier alpha value is -3.31. The van der Waals surface area contributed by atoms with Gasteiger partial charge in [0.05, 0.1) is 44.8 Å². The fourth-order valence-corrected chi connectivity index (χ4v) is 4.01. The minimum Gasteiger partial charge on any atom is -0.320 e. The maximum atomic E-state index is 13.4. The molecule has 0 aliphatic rings. The van der Waals surface area contributed by atoms with E-state index < -0.39 is 23.8 Å². The number of hydrogen-bond donors (Lipinski definition) is 2. The van der Waals surface area contributed by atoms with Crippen LogP contribution in [-0.4, -0.2) is 46.8 Å². The first-order chi connectivity index (χ1) is 17.5. The summed E-state index contributed by atoms with van der Waals surface area (Å²) in [6.07, 6.45) is -3.35. The molecule has 2 N–H and O–H groups in total. The Morgan fingerprint density at radius 1 is 1.14 bits per heavy atom. The average molecular weight is 666 g/mol. The van der Waals surface area contributed by atoms with Crippen molar-refractivity contribution in [1.82, 2.24) is 38.5 Å². The third-order valence-electron chi connectivity index (χ3n) is 4.81. The Bertz CT molecular complexity index is 1510. The summed E-state index contributed by atoms with van der Waals surface area (Å²) in [6, 6.07) is 7.35. The van der Waals surface area contributed by atoms with E-state index in [9.17, 15) is 22.8 Å². The van der Waals surface area contributed by atoms with Crippen LogP contribution in [0, 0.1) is 6.92 Å². The third-order valence-corrected chi connectivity index (χ3v) is 5.81. The number of halogens is 6. The maximum Gasteiger partial charge on any atom is 0.455 e. The molecule has 0 aliphatic carbocycles. The maximum absolute atomic E-state index is 13.4. The lowest BCUT2D eigenvalue weighted by Gasteiger charge is -2.14. The van der Waals surface area contributed by atoms with Gasteiger partial charge in [-0.3, -0.25) is 13.1 Å². The number of carbonyl (C=O) groups excluding carboxylic acids is 2. The van der Waals surface area contributed by atoms with Crippen molar-refractivity contribution >= 4 is 63.6 Å². The molecular formula is C20H13Cl2F3IN9O2. The molecule has 3 aromatic heterocycles. The SMILES string of the molecule is Cc1cc(Cl)cc(C(=O)NI)c1NC(=O)c1cc(Cn2nnc(C(F)(F)F)n2)nn1-c1ncccc1Cl. The molecule has 17 heteroatoms. The topological polar surface area (TPSA) is 133 Å². The molecule has 192 valence electrons. The minimum atomic E-state index is -4.78. The van der Waals surface area contributed by atoms with E-state index in [1.165, 1.54) is 24.4 Å². The van der Waals surface area contributed by atoms with Crippen LogP contribution >= 0.6 is 46.1 Å². The number of amides is 2. The Morgan fingerprint density at radius 2 is 1.89 bits per heavy atom.